The SMILES string of the molecule is C[C@@H](NC(=O)c1cc(Nc2ccon2)ncn1)c1ncc(C(=O)Nc2ccc(Cl)c(C(F)(F)F)c2)s1. The molecule has 4 rings (SSSR count). The Hall–Kier alpha value is -4.04. The lowest BCUT2D eigenvalue weighted by molar-refractivity contribution is -0.137. The summed E-state index contributed by atoms with van der Waals surface area (Å²) < 4.78 is 43.9. The van der Waals surface area contributed by atoms with Crippen molar-refractivity contribution in [3.8, 4) is 0 Å². The molecule has 0 aliphatic carbocycles. The van der Waals surface area contributed by atoms with Crippen LogP contribution in [0.15, 0.2) is 53.6 Å². The lowest BCUT2D eigenvalue weighted by Gasteiger charge is -2.12. The predicted octanol–water partition coefficient (Wildman–Crippen LogP) is 5.08. The topological polar surface area (TPSA) is 135 Å². The van der Waals surface area contributed by atoms with Gasteiger partial charge in [-0.15, -0.1) is 11.3 Å². The number of thiazole rings is 1. The maximum absolute atomic E-state index is 13.1. The fraction of sp³-hybridized carbons (Fsp3) is 0.143. The first-order chi connectivity index (χ1) is 17.1. The second-order valence-electron chi connectivity index (χ2n) is 7.20. The molecule has 2 amide bonds. The van der Waals surface area contributed by atoms with E-state index in [9.17, 15) is 22.8 Å². The summed E-state index contributed by atoms with van der Waals surface area (Å²) in [7, 11) is 0. The number of nitrogens with zero attached hydrogens (tertiary/aromatic N) is 4. The fourth-order valence-electron chi connectivity index (χ4n) is 2.90. The molecule has 0 radical (unpaired) electrons. The number of anilines is 3. The molecule has 10 nitrogen and oxygen atoms in total. The maximum Gasteiger partial charge on any atom is 0.417 e. The molecule has 186 valence electrons. The molecule has 1 atom stereocenters. The third-order valence-corrected chi connectivity index (χ3v) is 6.10. The summed E-state index contributed by atoms with van der Waals surface area (Å²) in [6.45, 7) is 1.66. The molecule has 36 heavy (non-hydrogen) atoms. The summed E-state index contributed by atoms with van der Waals surface area (Å²) in [4.78, 5) is 37.4. The lowest BCUT2D eigenvalue weighted by Crippen LogP contribution is -2.27. The molecule has 0 saturated heterocycles. The van der Waals surface area contributed by atoms with Crippen molar-refractivity contribution in [2.24, 2.45) is 0 Å². The first-order valence-corrected chi connectivity index (χ1v) is 11.2. The number of hydrogen-bond acceptors (Lipinski definition) is 9. The molecule has 0 unspecified atom stereocenters. The van der Waals surface area contributed by atoms with Crippen LogP contribution < -0.4 is 16.0 Å². The van der Waals surface area contributed by atoms with Gasteiger partial charge in [0.05, 0.1) is 22.8 Å². The van der Waals surface area contributed by atoms with E-state index in [4.69, 9.17) is 16.1 Å². The zero-order valence-electron chi connectivity index (χ0n) is 18.1. The summed E-state index contributed by atoms with van der Waals surface area (Å²) >= 11 is 6.58. The van der Waals surface area contributed by atoms with Gasteiger partial charge in [0.2, 0.25) is 0 Å². The van der Waals surface area contributed by atoms with Crippen LogP contribution in [-0.2, 0) is 6.18 Å². The molecule has 4 aromatic rings. The lowest BCUT2D eigenvalue weighted by atomic mass is 10.2. The van der Waals surface area contributed by atoms with Crippen molar-refractivity contribution in [1.29, 1.82) is 0 Å². The maximum atomic E-state index is 13.1. The molecule has 0 spiro atoms. The third kappa shape index (κ3) is 5.95. The quantitative estimate of drug-likeness (QED) is 0.297. The molecule has 0 aliphatic rings. The number of alkyl halides is 3. The zero-order valence-corrected chi connectivity index (χ0v) is 19.7. The van der Waals surface area contributed by atoms with Crippen LogP contribution in [-0.4, -0.2) is 31.9 Å². The van der Waals surface area contributed by atoms with Gasteiger partial charge >= 0.3 is 6.18 Å². The Kier molecular flexibility index (Phi) is 7.17. The van der Waals surface area contributed by atoms with Gasteiger partial charge < -0.3 is 20.5 Å². The van der Waals surface area contributed by atoms with Crippen LogP contribution in [0.1, 0.15) is 43.7 Å². The van der Waals surface area contributed by atoms with E-state index >= 15 is 0 Å². The Morgan fingerprint density at radius 1 is 1.08 bits per heavy atom. The van der Waals surface area contributed by atoms with Gasteiger partial charge in [0.1, 0.15) is 34.0 Å². The third-order valence-electron chi connectivity index (χ3n) is 4.59. The molecule has 3 heterocycles. The van der Waals surface area contributed by atoms with E-state index in [0.717, 1.165) is 23.5 Å². The molecule has 0 aliphatic heterocycles. The minimum atomic E-state index is -4.67. The Morgan fingerprint density at radius 3 is 2.61 bits per heavy atom. The van der Waals surface area contributed by atoms with Crippen molar-refractivity contribution in [3.63, 3.8) is 0 Å². The van der Waals surface area contributed by atoms with Gasteiger partial charge in [-0.25, -0.2) is 15.0 Å². The van der Waals surface area contributed by atoms with Crippen LogP contribution in [0.4, 0.5) is 30.5 Å². The Balaban J connectivity index is 1.40. The van der Waals surface area contributed by atoms with Crippen molar-refractivity contribution in [2.75, 3.05) is 10.6 Å². The summed E-state index contributed by atoms with van der Waals surface area (Å²) in [6, 6.07) is 5.45. The van der Waals surface area contributed by atoms with E-state index in [1.54, 1.807) is 13.0 Å². The van der Waals surface area contributed by atoms with E-state index in [0.29, 0.717) is 16.6 Å². The summed E-state index contributed by atoms with van der Waals surface area (Å²) in [5.41, 5.74) is -1.07. The highest BCUT2D eigenvalue weighted by atomic mass is 35.5. The number of carbonyl (C=O) groups excluding carboxylic acids is 2. The van der Waals surface area contributed by atoms with Gasteiger partial charge in [-0.3, -0.25) is 9.59 Å². The van der Waals surface area contributed by atoms with Gasteiger partial charge in [-0.2, -0.15) is 13.2 Å². The number of carbonyl (C=O) groups is 2. The molecule has 15 heteroatoms. The van der Waals surface area contributed by atoms with Gasteiger partial charge in [-0.05, 0) is 25.1 Å². The number of halogens is 4. The van der Waals surface area contributed by atoms with Gasteiger partial charge in [0.25, 0.3) is 11.8 Å². The second kappa shape index (κ2) is 10.3. The minimum Gasteiger partial charge on any atom is -0.363 e. The molecular formula is C21H15ClF3N7O3S. The van der Waals surface area contributed by atoms with Crippen LogP contribution in [0.3, 0.4) is 0 Å². The highest BCUT2D eigenvalue weighted by Gasteiger charge is 2.33. The predicted molar refractivity (Wildman–Crippen MR) is 124 cm³/mol. The molecule has 0 bridgehead atoms. The van der Waals surface area contributed by atoms with Crippen LogP contribution in [0.2, 0.25) is 5.02 Å². The summed E-state index contributed by atoms with van der Waals surface area (Å²) in [6.07, 6.45) is -0.825. The molecule has 3 aromatic heterocycles. The smallest absolute Gasteiger partial charge is 0.363 e. The van der Waals surface area contributed by atoms with E-state index in [-0.39, 0.29) is 16.3 Å². The minimum absolute atomic E-state index is 0.0700. The Labute approximate surface area is 209 Å². The number of aromatic nitrogens is 4. The number of nitrogens with one attached hydrogen (secondary N) is 3. The normalized spacial score (nSPS) is 12.1. The summed E-state index contributed by atoms with van der Waals surface area (Å²) in [5, 5.41) is 11.6. The van der Waals surface area contributed by atoms with Crippen LogP contribution in [0, 0.1) is 0 Å². The molecule has 0 fully saturated rings. The van der Waals surface area contributed by atoms with Crippen molar-refractivity contribution in [2.45, 2.75) is 19.1 Å². The van der Waals surface area contributed by atoms with E-state index in [1.165, 1.54) is 30.9 Å². The van der Waals surface area contributed by atoms with Crippen LogP contribution in [0.25, 0.3) is 0 Å². The van der Waals surface area contributed by atoms with Crippen LogP contribution >= 0.6 is 22.9 Å². The number of rotatable bonds is 7. The standard InChI is InChI=1S/C21H15ClF3N7O3S/c1-10(29-18(33)14-7-17(28-9-27-14)31-16-4-5-35-32-16)20-26-8-15(36-20)19(34)30-11-2-3-13(22)12(6-11)21(23,24)25/h2-10H,1H3,(H,29,33)(H,30,34)(H,27,28,31,32)/t10-/m1/s1. The van der Waals surface area contributed by atoms with Crippen molar-refractivity contribution >= 4 is 52.1 Å². The highest BCUT2D eigenvalue weighted by Crippen LogP contribution is 2.36. The van der Waals surface area contributed by atoms with Gasteiger partial charge in [0, 0.05) is 17.8 Å². The van der Waals surface area contributed by atoms with Crippen molar-refractivity contribution < 1.29 is 27.3 Å². The zero-order chi connectivity index (χ0) is 25.9. The van der Waals surface area contributed by atoms with Gasteiger partial charge in [-0.1, -0.05) is 16.8 Å². The fourth-order valence-corrected chi connectivity index (χ4v) is 3.94. The number of hydrogen-bond donors (Lipinski definition) is 3. The first-order valence-electron chi connectivity index (χ1n) is 10.0. The molecule has 1 aromatic carbocycles. The number of benzene rings is 1. The first kappa shape index (κ1) is 25.1. The molecule has 0 saturated carbocycles. The Bertz CT molecular complexity index is 1400. The van der Waals surface area contributed by atoms with Gasteiger partial charge in [0.15, 0.2) is 5.82 Å². The molecular weight excluding hydrogens is 523 g/mol. The average molecular weight is 538 g/mol. The van der Waals surface area contributed by atoms with E-state index in [1.807, 2.05) is 0 Å². The number of amides is 2. The Morgan fingerprint density at radius 2 is 1.89 bits per heavy atom. The van der Waals surface area contributed by atoms with Crippen molar-refractivity contribution in [1.82, 2.24) is 25.4 Å². The highest BCUT2D eigenvalue weighted by molar-refractivity contribution is 7.13. The van der Waals surface area contributed by atoms with Crippen molar-refractivity contribution in [3.05, 3.63) is 75.3 Å². The average Bonchev–Trinajstić information content (AvgIpc) is 3.52. The molecule has 3 N–H and O–H groups in total. The van der Waals surface area contributed by atoms with E-state index in [2.05, 4.69) is 36.1 Å². The van der Waals surface area contributed by atoms with Crippen LogP contribution in [0.5, 0.6) is 0 Å². The summed E-state index contributed by atoms with van der Waals surface area (Å²) in [5.74, 6) is -0.460. The largest absolute Gasteiger partial charge is 0.417 e. The second-order valence-corrected chi connectivity index (χ2v) is 8.67. The van der Waals surface area contributed by atoms with E-state index < -0.39 is 34.6 Å². The monoisotopic (exact) mass is 537 g/mol.